The Balaban J connectivity index is 1.40. The molecule has 3 aromatic rings. The minimum Gasteiger partial charge on any atom is -0.491 e. The van der Waals surface area contributed by atoms with Gasteiger partial charge in [-0.2, -0.15) is 0 Å². The molecule has 6 nitrogen and oxygen atoms in total. The summed E-state index contributed by atoms with van der Waals surface area (Å²) in [6.07, 6.45) is -0.867. The Morgan fingerprint density at radius 3 is 2.52 bits per heavy atom. The van der Waals surface area contributed by atoms with Gasteiger partial charge in [-0.1, -0.05) is 24.3 Å². The molecule has 1 N–H and O–H groups in total. The molecule has 3 aromatic carbocycles. The maximum Gasteiger partial charge on any atom is 0.338 e. The number of hydrogen-bond donors (Lipinski definition) is 1. The molecule has 29 heavy (non-hydrogen) atoms. The van der Waals surface area contributed by atoms with E-state index >= 15 is 0 Å². The van der Waals surface area contributed by atoms with Crippen molar-refractivity contribution in [3.63, 3.8) is 0 Å². The van der Waals surface area contributed by atoms with Gasteiger partial charge in [0.2, 0.25) is 0 Å². The summed E-state index contributed by atoms with van der Waals surface area (Å²) >= 11 is 0. The minimum absolute atomic E-state index is 0.0227. The number of nitrogens with zero attached hydrogens (tertiary/aromatic N) is 1. The van der Waals surface area contributed by atoms with Gasteiger partial charge in [0.1, 0.15) is 18.5 Å². The maximum absolute atomic E-state index is 12.8. The van der Waals surface area contributed by atoms with E-state index in [1.807, 2.05) is 36.4 Å². The number of hydrogen-bond acceptors (Lipinski definition) is 5. The van der Waals surface area contributed by atoms with E-state index in [2.05, 4.69) is 0 Å². The molecule has 0 bridgehead atoms. The number of rotatable bonds is 7. The van der Waals surface area contributed by atoms with E-state index in [1.165, 1.54) is 0 Å². The number of anilines is 1. The summed E-state index contributed by atoms with van der Waals surface area (Å²) in [7, 11) is 0. The van der Waals surface area contributed by atoms with Crippen molar-refractivity contribution in [2.75, 3.05) is 24.7 Å². The number of aliphatic hydroxyl groups excluding tert-OH is 1. The van der Waals surface area contributed by atoms with Crippen LogP contribution in [0.5, 0.6) is 5.75 Å². The Labute approximate surface area is 168 Å². The van der Waals surface area contributed by atoms with Crippen LogP contribution in [0, 0.1) is 0 Å². The van der Waals surface area contributed by atoms with E-state index in [0.29, 0.717) is 23.5 Å². The van der Waals surface area contributed by atoms with Crippen LogP contribution in [0.15, 0.2) is 60.7 Å². The Morgan fingerprint density at radius 1 is 1.07 bits per heavy atom. The van der Waals surface area contributed by atoms with Crippen LogP contribution in [0.25, 0.3) is 10.8 Å². The number of carbonyl (C=O) groups excluding carboxylic acids is 2. The molecule has 148 valence electrons. The fourth-order valence-electron chi connectivity index (χ4n) is 3.52. The minimum atomic E-state index is -0.867. The standard InChI is InChI=1S/C23H21NO5/c1-2-28-23(27)16-9-11-18(12-10-16)29-14-17(25)13-24-20-8-4-6-15-5-3-7-19(21(15)20)22(24)26/h3-12,17,25H,2,13-14H2,1H3. The summed E-state index contributed by atoms with van der Waals surface area (Å²) in [5.41, 5.74) is 1.90. The number of aliphatic hydroxyl groups is 1. The van der Waals surface area contributed by atoms with E-state index in [1.54, 1.807) is 36.1 Å². The molecule has 0 saturated heterocycles. The molecule has 6 heteroatoms. The van der Waals surface area contributed by atoms with E-state index in [4.69, 9.17) is 9.47 Å². The third-order valence-corrected chi connectivity index (χ3v) is 4.85. The summed E-state index contributed by atoms with van der Waals surface area (Å²) in [4.78, 5) is 26.0. The highest BCUT2D eigenvalue weighted by molar-refractivity contribution is 6.25. The van der Waals surface area contributed by atoms with Crippen molar-refractivity contribution >= 4 is 28.3 Å². The second-order valence-corrected chi connectivity index (χ2v) is 6.81. The van der Waals surface area contributed by atoms with Crippen molar-refractivity contribution in [3.05, 3.63) is 71.8 Å². The predicted molar refractivity (Wildman–Crippen MR) is 110 cm³/mol. The smallest absolute Gasteiger partial charge is 0.338 e. The Bertz CT molecular complexity index is 1060. The zero-order chi connectivity index (χ0) is 20.4. The molecule has 1 heterocycles. The molecular formula is C23H21NO5. The van der Waals surface area contributed by atoms with Crippen LogP contribution >= 0.6 is 0 Å². The van der Waals surface area contributed by atoms with Gasteiger partial charge in [-0.05, 0) is 48.7 Å². The van der Waals surface area contributed by atoms with E-state index in [0.717, 1.165) is 16.5 Å². The monoisotopic (exact) mass is 391 g/mol. The van der Waals surface area contributed by atoms with Gasteiger partial charge in [-0.25, -0.2) is 4.79 Å². The SMILES string of the molecule is CCOC(=O)c1ccc(OCC(O)CN2C(=O)c3cccc4cccc2c34)cc1. The van der Waals surface area contributed by atoms with Crippen LogP contribution < -0.4 is 9.64 Å². The molecule has 1 atom stereocenters. The fourth-order valence-corrected chi connectivity index (χ4v) is 3.52. The molecule has 1 amide bonds. The average molecular weight is 391 g/mol. The van der Waals surface area contributed by atoms with Crippen molar-refractivity contribution < 1.29 is 24.2 Å². The number of ether oxygens (including phenoxy) is 2. The van der Waals surface area contributed by atoms with Crippen molar-refractivity contribution in [3.8, 4) is 5.75 Å². The lowest BCUT2D eigenvalue weighted by Gasteiger charge is -2.21. The number of benzene rings is 3. The van der Waals surface area contributed by atoms with E-state index in [-0.39, 0.29) is 25.0 Å². The van der Waals surface area contributed by atoms with Gasteiger partial charge in [0.25, 0.3) is 5.91 Å². The third kappa shape index (κ3) is 3.67. The number of carbonyl (C=O) groups is 2. The number of amides is 1. The molecule has 1 unspecified atom stereocenters. The van der Waals surface area contributed by atoms with Gasteiger partial charge in [0.15, 0.2) is 0 Å². The summed E-state index contributed by atoms with van der Waals surface area (Å²) in [5.74, 6) is 0.0187. The first-order chi connectivity index (χ1) is 14.1. The van der Waals surface area contributed by atoms with Gasteiger partial charge in [0.05, 0.1) is 24.4 Å². The zero-order valence-electron chi connectivity index (χ0n) is 16.0. The highest BCUT2D eigenvalue weighted by Crippen LogP contribution is 2.37. The first kappa shape index (κ1) is 19.0. The molecule has 0 saturated carbocycles. The normalized spacial score (nSPS) is 13.6. The molecule has 4 rings (SSSR count). The predicted octanol–water partition coefficient (Wildman–Crippen LogP) is 3.42. The van der Waals surface area contributed by atoms with E-state index in [9.17, 15) is 14.7 Å². The lowest BCUT2D eigenvalue weighted by atomic mass is 10.1. The fraction of sp³-hybridized carbons (Fsp3) is 0.217. The molecule has 1 aliphatic heterocycles. The molecule has 0 spiro atoms. The highest BCUT2D eigenvalue weighted by atomic mass is 16.5. The van der Waals surface area contributed by atoms with Crippen LogP contribution in [-0.2, 0) is 4.74 Å². The van der Waals surface area contributed by atoms with Crippen molar-refractivity contribution in [2.45, 2.75) is 13.0 Å². The second kappa shape index (κ2) is 7.93. The molecular weight excluding hydrogens is 370 g/mol. The Morgan fingerprint density at radius 2 is 1.79 bits per heavy atom. The van der Waals surface area contributed by atoms with Crippen molar-refractivity contribution in [1.29, 1.82) is 0 Å². The summed E-state index contributed by atoms with van der Waals surface area (Å²) in [6.45, 7) is 2.22. The summed E-state index contributed by atoms with van der Waals surface area (Å²) < 4.78 is 10.6. The lowest BCUT2D eigenvalue weighted by Crippen LogP contribution is -2.37. The quantitative estimate of drug-likeness (QED) is 0.625. The van der Waals surface area contributed by atoms with Gasteiger partial charge in [-0.3, -0.25) is 4.79 Å². The average Bonchev–Trinajstić information content (AvgIpc) is 3.01. The maximum atomic E-state index is 12.8. The Kier molecular flexibility index (Phi) is 5.18. The van der Waals surface area contributed by atoms with Crippen molar-refractivity contribution in [1.82, 2.24) is 0 Å². The van der Waals surface area contributed by atoms with Gasteiger partial charge >= 0.3 is 5.97 Å². The Hall–Kier alpha value is -3.38. The summed E-state index contributed by atoms with van der Waals surface area (Å²) in [5, 5.41) is 12.4. The lowest BCUT2D eigenvalue weighted by molar-refractivity contribution is 0.0526. The molecule has 0 aromatic heterocycles. The van der Waals surface area contributed by atoms with Crippen LogP contribution in [-0.4, -0.2) is 42.8 Å². The van der Waals surface area contributed by atoms with Crippen LogP contribution in [0.3, 0.4) is 0 Å². The molecule has 0 aliphatic carbocycles. The topological polar surface area (TPSA) is 76.1 Å². The first-order valence-electron chi connectivity index (χ1n) is 9.50. The van der Waals surface area contributed by atoms with Crippen LogP contribution in [0.2, 0.25) is 0 Å². The molecule has 0 radical (unpaired) electrons. The van der Waals surface area contributed by atoms with Gasteiger partial charge in [-0.15, -0.1) is 0 Å². The van der Waals surface area contributed by atoms with E-state index < -0.39 is 6.10 Å². The first-order valence-corrected chi connectivity index (χ1v) is 9.50. The number of β-amino-alcohol motifs (C(OH)–C–C–N with tert-alkyl or cyclic N) is 1. The largest absolute Gasteiger partial charge is 0.491 e. The van der Waals surface area contributed by atoms with Crippen LogP contribution in [0.1, 0.15) is 27.6 Å². The van der Waals surface area contributed by atoms with Crippen molar-refractivity contribution in [2.24, 2.45) is 0 Å². The summed E-state index contributed by atoms with van der Waals surface area (Å²) in [6, 6.07) is 17.9. The molecule has 1 aliphatic rings. The second-order valence-electron chi connectivity index (χ2n) is 6.81. The van der Waals surface area contributed by atoms with Gasteiger partial charge in [0, 0.05) is 10.9 Å². The number of esters is 1. The zero-order valence-corrected chi connectivity index (χ0v) is 16.0. The molecule has 0 fully saturated rings. The van der Waals surface area contributed by atoms with Crippen LogP contribution in [0.4, 0.5) is 5.69 Å². The van der Waals surface area contributed by atoms with Gasteiger partial charge < -0.3 is 19.5 Å². The third-order valence-electron chi connectivity index (χ3n) is 4.85. The highest BCUT2D eigenvalue weighted by Gasteiger charge is 2.30.